The number of aliphatic carboxylic acids is 1. The molecule has 2 atom stereocenters. The summed E-state index contributed by atoms with van der Waals surface area (Å²) in [5.41, 5.74) is 0. The summed E-state index contributed by atoms with van der Waals surface area (Å²) in [4.78, 5) is 24.4. The van der Waals surface area contributed by atoms with Gasteiger partial charge < -0.3 is 19.7 Å². The van der Waals surface area contributed by atoms with Crippen molar-refractivity contribution in [2.75, 3.05) is 7.05 Å². The normalized spacial score (nSPS) is 13.6. The van der Waals surface area contributed by atoms with Crippen molar-refractivity contribution in [1.29, 1.82) is 0 Å². The minimum absolute atomic E-state index is 0.126. The zero-order valence-corrected chi connectivity index (χ0v) is 11.4. The molecule has 0 spiro atoms. The van der Waals surface area contributed by atoms with Gasteiger partial charge in [-0.2, -0.15) is 0 Å². The number of nitrogens with zero attached hydrogens (tertiary/aromatic N) is 1. The first kappa shape index (κ1) is 15.1. The van der Waals surface area contributed by atoms with Gasteiger partial charge in [0.15, 0.2) is 0 Å². The van der Waals surface area contributed by atoms with E-state index in [-0.39, 0.29) is 5.92 Å². The molecule has 1 rings (SSSR count). The molecule has 0 aliphatic heterocycles. The molecule has 0 aliphatic rings. The second-order valence-corrected chi connectivity index (χ2v) is 4.59. The number of rotatable bonds is 6. The topological polar surface area (TPSA) is 82.8 Å². The predicted octanol–water partition coefficient (Wildman–Crippen LogP) is 1.92. The summed E-state index contributed by atoms with van der Waals surface area (Å²) in [6.07, 6.45) is 2.21. The molecule has 0 aliphatic carbocycles. The van der Waals surface area contributed by atoms with E-state index >= 15 is 0 Å². The average Bonchev–Trinajstić information content (AvgIpc) is 2.86. The highest BCUT2D eigenvalue weighted by molar-refractivity contribution is 5.82. The maximum atomic E-state index is 11.9. The van der Waals surface area contributed by atoms with Gasteiger partial charge in [0.25, 0.3) is 0 Å². The fraction of sp³-hybridized carbons (Fsp3) is 0.538. The van der Waals surface area contributed by atoms with Crippen LogP contribution in [0.15, 0.2) is 22.8 Å². The number of carboxylic acid groups (broad SMARTS) is 1. The first-order valence-corrected chi connectivity index (χ1v) is 6.22. The Balaban J connectivity index is 2.58. The van der Waals surface area contributed by atoms with E-state index < -0.39 is 18.0 Å². The molecule has 0 radical (unpaired) electrons. The molecule has 2 N–H and O–H groups in total. The summed E-state index contributed by atoms with van der Waals surface area (Å²) >= 11 is 0. The largest absolute Gasteiger partial charge is 0.480 e. The van der Waals surface area contributed by atoms with Gasteiger partial charge in [-0.15, -0.1) is 0 Å². The molecule has 0 fully saturated rings. The maximum Gasteiger partial charge on any atom is 0.326 e. The summed E-state index contributed by atoms with van der Waals surface area (Å²) in [5.74, 6) is -0.499. The van der Waals surface area contributed by atoms with Crippen molar-refractivity contribution >= 4 is 12.0 Å². The number of hydrogen-bond acceptors (Lipinski definition) is 3. The zero-order valence-electron chi connectivity index (χ0n) is 11.4. The molecule has 19 heavy (non-hydrogen) atoms. The summed E-state index contributed by atoms with van der Waals surface area (Å²) in [6, 6.07) is 2.19. The highest BCUT2D eigenvalue weighted by atomic mass is 16.4. The first-order valence-electron chi connectivity index (χ1n) is 6.22. The molecule has 1 aromatic heterocycles. The van der Waals surface area contributed by atoms with Gasteiger partial charge in [-0.05, 0) is 18.1 Å². The van der Waals surface area contributed by atoms with Gasteiger partial charge >= 0.3 is 12.0 Å². The SMILES string of the molecule is CCC(C)[C@H](NC(=O)N(C)Cc1ccco1)C(=O)O. The van der Waals surface area contributed by atoms with E-state index in [4.69, 9.17) is 9.52 Å². The van der Waals surface area contributed by atoms with Crippen molar-refractivity contribution in [3.8, 4) is 0 Å². The monoisotopic (exact) mass is 268 g/mol. The highest BCUT2D eigenvalue weighted by Crippen LogP contribution is 2.09. The summed E-state index contributed by atoms with van der Waals surface area (Å²) in [5, 5.41) is 11.6. The van der Waals surface area contributed by atoms with E-state index in [0.29, 0.717) is 18.7 Å². The van der Waals surface area contributed by atoms with E-state index in [1.165, 1.54) is 11.2 Å². The van der Waals surface area contributed by atoms with E-state index in [9.17, 15) is 9.59 Å². The number of urea groups is 1. The van der Waals surface area contributed by atoms with Gasteiger partial charge in [-0.3, -0.25) is 0 Å². The molecule has 0 saturated carbocycles. The van der Waals surface area contributed by atoms with Gasteiger partial charge in [-0.1, -0.05) is 20.3 Å². The number of carbonyl (C=O) groups excluding carboxylic acids is 1. The zero-order chi connectivity index (χ0) is 14.4. The minimum Gasteiger partial charge on any atom is -0.480 e. The molecular weight excluding hydrogens is 248 g/mol. The average molecular weight is 268 g/mol. The van der Waals surface area contributed by atoms with Gasteiger partial charge in [0.2, 0.25) is 0 Å². The summed E-state index contributed by atoms with van der Waals surface area (Å²) < 4.78 is 5.14. The Morgan fingerprint density at radius 2 is 2.21 bits per heavy atom. The molecule has 1 aromatic rings. The number of hydrogen-bond donors (Lipinski definition) is 2. The third kappa shape index (κ3) is 4.31. The van der Waals surface area contributed by atoms with Crippen molar-refractivity contribution in [3.63, 3.8) is 0 Å². The molecule has 0 aromatic carbocycles. The van der Waals surface area contributed by atoms with Crippen LogP contribution in [0, 0.1) is 5.92 Å². The number of furan rings is 1. The van der Waals surface area contributed by atoms with Crippen LogP contribution in [-0.2, 0) is 11.3 Å². The van der Waals surface area contributed by atoms with E-state index in [1.807, 2.05) is 6.92 Å². The molecule has 1 unspecified atom stereocenters. The standard InChI is InChI=1S/C13H20N2O4/c1-4-9(2)11(12(16)17)14-13(18)15(3)8-10-6-5-7-19-10/h5-7,9,11H,4,8H2,1-3H3,(H,14,18)(H,16,17)/t9?,11-/m0/s1. The van der Waals surface area contributed by atoms with Crippen LogP contribution in [0.5, 0.6) is 0 Å². The fourth-order valence-electron chi connectivity index (χ4n) is 1.63. The van der Waals surface area contributed by atoms with E-state index in [2.05, 4.69) is 5.32 Å². The number of nitrogens with one attached hydrogen (secondary N) is 1. The van der Waals surface area contributed by atoms with Gasteiger partial charge in [-0.25, -0.2) is 9.59 Å². The fourth-order valence-corrected chi connectivity index (χ4v) is 1.63. The van der Waals surface area contributed by atoms with Gasteiger partial charge in [0.1, 0.15) is 11.8 Å². The molecule has 106 valence electrons. The van der Waals surface area contributed by atoms with Crippen LogP contribution in [0.1, 0.15) is 26.0 Å². The molecule has 0 saturated heterocycles. The van der Waals surface area contributed by atoms with Crippen molar-refractivity contribution in [2.24, 2.45) is 5.92 Å². The molecular formula is C13H20N2O4. The first-order chi connectivity index (χ1) is 8.95. The van der Waals surface area contributed by atoms with Gasteiger partial charge in [0, 0.05) is 7.05 Å². The predicted molar refractivity (Wildman–Crippen MR) is 69.6 cm³/mol. The van der Waals surface area contributed by atoms with Crippen molar-refractivity contribution < 1.29 is 19.1 Å². The number of carbonyl (C=O) groups is 2. The number of amides is 2. The Kier molecular flexibility index (Phi) is 5.41. The van der Waals surface area contributed by atoms with E-state index in [1.54, 1.807) is 26.1 Å². The van der Waals surface area contributed by atoms with Crippen molar-refractivity contribution in [2.45, 2.75) is 32.9 Å². The lowest BCUT2D eigenvalue weighted by molar-refractivity contribution is -0.140. The summed E-state index contributed by atoms with van der Waals surface area (Å²) in [6.45, 7) is 3.98. The lowest BCUT2D eigenvalue weighted by Crippen LogP contribution is -2.49. The smallest absolute Gasteiger partial charge is 0.326 e. The Morgan fingerprint density at radius 3 is 2.68 bits per heavy atom. The second-order valence-electron chi connectivity index (χ2n) is 4.59. The summed E-state index contributed by atoms with van der Waals surface area (Å²) in [7, 11) is 1.59. The second kappa shape index (κ2) is 6.82. The molecule has 0 bridgehead atoms. The quantitative estimate of drug-likeness (QED) is 0.825. The molecule has 2 amide bonds. The molecule has 1 heterocycles. The minimum atomic E-state index is -1.02. The number of carboxylic acids is 1. The van der Waals surface area contributed by atoms with Crippen LogP contribution in [0.4, 0.5) is 4.79 Å². The van der Waals surface area contributed by atoms with Crippen LogP contribution in [-0.4, -0.2) is 35.1 Å². The third-order valence-electron chi connectivity index (χ3n) is 3.08. The molecule has 6 nitrogen and oxygen atoms in total. The Labute approximate surface area is 112 Å². The Bertz CT molecular complexity index is 416. The maximum absolute atomic E-state index is 11.9. The van der Waals surface area contributed by atoms with Crippen LogP contribution in [0.2, 0.25) is 0 Å². The lowest BCUT2D eigenvalue weighted by Gasteiger charge is -2.24. The lowest BCUT2D eigenvalue weighted by atomic mass is 9.99. The van der Waals surface area contributed by atoms with Gasteiger partial charge in [0.05, 0.1) is 12.8 Å². The third-order valence-corrected chi connectivity index (χ3v) is 3.08. The van der Waals surface area contributed by atoms with Crippen LogP contribution >= 0.6 is 0 Å². The van der Waals surface area contributed by atoms with E-state index in [0.717, 1.165) is 0 Å². The van der Waals surface area contributed by atoms with Crippen molar-refractivity contribution in [1.82, 2.24) is 10.2 Å². The molecule has 6 heteroatoms. The van der Waals surface area contributed by atoms with Crippen LogP contribution < -0.4 is 5.32 Å². The Hall–Kier alpha value is -1.98. The van der Waals surface area contributed by atoms with Crippen LogP contribution in [0.25, 0.3) is 0 Å². The highest BCUT2D eigenvalue weighted by Gasteiger charge is 2.26. The van der Waals surface area contributed by atoms with Crippen molar-refractivity contribution in [3.05, 3.63) is 24.2 Å². The van der Waals surface area contributed by atoms with Crippen LogP contribution in [0.3, 0.4) is 0 Å². The Morgan fingerprint density at radius 1 is 1.53 bits per heavy atom.